The number of tetrazole rings is 1. The Balaban J connectivity index is 1.43. The van der Waals surface area contributed by atoms with Crippen molar-refractivity contribution < 1.29 is 9.21 Å². The molecular weight excluding hydrogens is 282 g/mol. The van der Waals surface area contributed by atoms with E-state index in [1.165, 1.54) is 17.4 Å². The summed E-state index contributed by atoms with van der Waals surface area (Å²) in [6, 6.07) is 4.39. The Hall–Kier alpha value is -2.18. The van der Waals surface area contributed by atoms with Crippen molar-refractivity contribution in [2.45, 2.75) is 51.2 Å². The van der Waals surface area contributed by atoms with Crippen LogP contribution in [0.2, 0.25) is 0 Å². The Bertz CT molecular complexity index is 661. The quantitative estimate of drug-likeness (QED) is 0.809. The van der Waals surface area contributed by atoms with Crippen molar-refractivity contribution >= 4 is 5.91 Å². The van der Waals surface area contributed by atoms with Gasteiger partial charge in [-0.2, -0.15) is 0 Å². The molecule has 2 atom stereocenters. The van der Waals surface area contributed by atoms with Gasteiger partial charge in [0.15, 0.2) is 0 Å². The van der Waals surface area contributed by atoms with Gasteiger partial charge in [-0.3, -0.25) is 4.79 Å². The first kappa shape index (κ1) is 13.5. The summed E-state index contributed by atoms with van der Waals surface area (Å²) in [5.74, 6) is 3.25. The van der Waals surface area contributed by atoms with Gasteiger partial charge in [0.25, 0.3) is 0 Å². The van der Waals surface area contributed by atoms with Gasteiger partial charge in [-0.05, 0) is 47.7 Å². The minimum absolute atomic E-state index is 0.0348. The SMILES string of the molecule is C[C@@H]1C[C@@H]1c1ccc(CN(C(=O)Cn2cnnn2)C2CC2)o1. The molecule has 2 aromatic rings. The summed E-state index contributed by atoms with van der Waals surface area (Å²) in [5, 5.41) is 10.9. The third-order valence-corrected chi connectivity index (χ3v) is 4.48. The highest BCUT2D eigenvalue weighted by molar-refractivity contribution is 5.76. The largest absolute Gasteiger partial charge is 0.464 e. The van der Waals surface area contributed by atoms with Crippen molar-refractivity contribution in [1.82, 2.24) is 25.1 Å². The summed E-state index contributed by atoms with van der Waals surface area (Å²) < 4.78 is 7.39. The fraction of sp³-hybridized carbons (Fsp3) is 0.600. The number of aromatic nitrogens is 4. The molecule has 2 heterocycles. The molecule has 0 saturated heterocycles. The normalized spacial score (nSPS) is 23.5. The van der Waals surface area contributed by atoms with Crippen molar-refractivity contribution in [2.24, 2.45) is 5.92 Å². The summed E-state index contributed by atoms with van der Waals surface area (Å²) in [4.78, 5) is 14.4. The van der Waals surface area contributed by atoms with Crippen LogP contribution in [0.4, 0.5) is 0 Å². The zero-order valence-corrected chi connectivity index (χ0v) is 12.6. The van der Waals surface area contributed by atoms with E-state index in [1.807, 2.05) is 11.0 Å². The molecule has 2 saturated carbocycles. The molecule has 2 aliphatic rings. The second-order valence-corrected chi connectivity index (χ2v) is 6.38. The highest BCUT2D eigenvalue weighted by Crippen LogP contribution is 2.47. The highest BCUT2D eigenvalue weighted by atomic mass is 16.3. The van der Waals surface area contributed by atoms with Gasteiger partial charge in [-0.25, -0.2) is 4.68 Å². The minimum Gasteiger partial charge on any atom is -0.464 e. The summed E-state index contributed by atoms with van der Waals surface area (Å²) in [6.45, 7) is 2.95. The first-order chi connectivity index (χ1) is 10.7. The molecule has 1 amide bonds. The summed E-state index contributed by atoms with van der Waals surface area (Å²) >= 11 is 0. The first-order valence-electron chi connectivity index (χ1n) is 7.79. The summed E-state index contributed by atoms with van der Waals surface area (Å²) in [7, 11) is 0. The monoisotopic (exact) mass is 301 g/mol. The number of hydrogen-bond acceptors (Lipinski definition) is 5. The van der Waals surface area contributed by atoms with E-state index >= 15 is 0 Å². The summed E-state index contributed by atoms with van der Waals surface area (Å²) in [6.07, 6.45) is 4.79. The van der Waals surface area contributed by atoms with E-state index in [0.717, 1.165) is 30.3 Å². The molecule has 0 aromatic carbocycles. The second-order valence-electron chi connectivity index (χ2n) is 6.38. The topological polar surface area (TPSA) is 77.1 Å². The number of carbonyl (C=O) groups excluding carboxylic acids is 1. The third kappa shape index (κ3) is 2.75. The maximum Gasteiger partial charge on any atom is 0.245 e. The Morgan fingerprint density at radius 3 is 2.91 bits per heavy atom. The molecule has 7 heteroatoms. The lowest BCUT2D eigenvalue weighted by Crippen LogP contribution is -2.35. The van der Waals surface area contributed by atoms with E-state index in [2.05, 4.69) is 28.5 Å². The molecule has 0 aliphatic heterocycles. The van der Waals surface area contributed by atoms with Gasteiger partial charge in [0.2, 0.25) is 5.91 Å². The van der Waals surface area contributed by atoms with Gasteiger partial charge >= 0.3 is 0 Å². The van der Waals surface area contributed by atoms with E-state index in [4.69, 9.17) is 4.42 Å². The average Bonchev–Trinajstić information content (AvgIpc) is 3.36. The van der Waals surface area contributed by atoms with Gasteiger partial charge < -0.3 is 9.32 Å². The molecule has 2 aromatic heterocycles. The molecule has 0 N–H and O–H groups in total. The van der Waals surface area contributed by atoms with E-state index in [9.17, 15) is 4.79 Å². The molecule has 116 valence electrons. The van der Waals surface area contributed by atoms with Gasteiger partial charge in [0.05, 0.1) is 6.54 Å². The Morgan fingerprint density at radius 1 is 1.45 bits per heavy atom. The maximum atomic E-state index is 12.5. The first-order valence-corrected chi connectivity index (χ1v) is 7.79. The molecule has 0 spiro atoms. The van der Waals surface area contributed by atoms with Gasteiger partial charge in [-0.15, -0.1) is 5.10 Å². The van der Waals surface area contributed by atoms with Crippen LogP contribution in [-0.4, -0.2) is 37.1 Å². The minimum atomic E-state index is 0.0348. The van der Waals surface area contributed by atoms with Gasteiger partial charge in [0, 0.05) is 12.0 Å². The molecule has 0 unspecified atom stereocenters. The Kier molecular flexibility index (Phi) is 3.20. The molecule has 2 fully saturated rings. The van der Waals surface area contributed by atoms with Crippen molar-refractivity contribution in [3.8, 4) is 0 Å². The lowest BCUT2D eigenvalue weighted by molar-refractivity contribution is -0.133. The lowest BCUT2D eigenvalue weighted by Gasteiger charge is -2.21. The van der Waals surface area contributed by atoms with Gasteiger partial charge in [0.1, 0.15) is 24.4 Å². The van der Waals surface area contributed by atoms with Crippen LogP contribution in [0.25, 0.3) is 0 Å². The van der Waals surface area contributed by atoms with E-state index in [-0.39, 0.29) is 12.5 Å². The van der Waals surface area contributed by atoms with Crippen LogP contribution < -0.4 is 0 Å². The van der Waals surface area contributed by atoms with Crippen LogP contribution in [0.1, 0.15) is 43.6 Å². The summed E-state index contributed by atoms with van der Waals surface area (Å²) in [5.41, 5.74) is 0. The molecule has 7 nitrogen and oxygen atoms in total. The lowest BCUT2D eigenvalue weighted by atomic mass is 10.3. The van der Waals surface area contributed by atoms with Crippen LogP contribution in [0, 0.1) is 5.92 Å². The van der Waals surface area contributed by atoms with E-state index in [1.54, 1.807) is 0 Å². The molecule has 22 heavy (non-hydrogen) atoms. The number of rotatable bonds is 6. The van der Waals surface area contributed by atoms with Crippen molar-refractivity contribution in [1.29, 1.82) is 0 Å². The predicted octanol–water partition coefficient (Wildman–Crippen LogP) is 1.58. The highest BCUT2D eigenvalue weighted by Gasteiger charge is 2.37. The maximum absolute atomic E-state index is 12.5. The van der Waals surface area contributed by atoms with E-state index < -0.39 is 0 Å². The van der Waals surface area contributed by atoms with Crippen LogP contribution in [-0.2, 0) is 17.9 Å². The Labute approximate surface area is 128 Å². The van der Waals surface area contributed by atoms with Gasteiger partial charge in [-0.1, -0.05) is 6.92 Å². The number of amides is 1. The second kappa shape index (κ2) is 5.23. The molecule has 2 aliphatic carbocycles. The Morgan fingerprint density at radius 2 is 2.27 bits per heavy atom. The standard InChI is InChI=1S/C15H19N5O2/c1-10-6-13(10)14-5-4-12(22-14)7-20(11-2-3-11)15(21)8-19-9-16-17-18-19/h4-5,9-11,13H,2-3,6-8H2,1H3/t10-,13+/m1/s1. The third-order valence-electron chi connectivity index (χ3n) is 4.48. The predicted molar refractivity (Wildman–Crippen MR) is 76.6 cm³/mol. The molecule has 0 radical (unpaired) electrons. The molecule has 4 rings (SSSR count). The smallest absolute Gasteiger partial charge is 0.245 e. The fourth-order valence-corrected chi connectivity index (χ4v) is 2.85. The molecule has 0 bridgehead atoms. The zero-order chi connectivity index (χ0) is 15.1. The van der Waals surface area contributed by atoms with E-state index in [0.29, 0.717) is 18.5 Å². The van der Waals surface area contributed by atoms with Crippen LogP contribution >= 0.6 is 0 Å². The van der Waals surface area contributed by atoms with Crippen molar-refractivity contribution in [2.75, 3.05) is 0 Å². The number of nitrogens with zero attached hydrogens (tertiary/aromatic N) is 5. The molecular formula is C15H19N5O2. The fourth-order valence-electron chi connectivity index (χ4n) is 2.85. The van der Waals surface area contributed by atoms with Crippen molar-refractivity contribution in [3.63, 3.8) is 0 Å². The zero-order valence-electron chi connectivity index (χ0n) is 12.6. The van der Waals surface area contributed by atoms with Crippen LogP contribution in [0.15, 0.2) is 22.9 Å². The average molecular weight is 301 g/mol. The van der Waals surface area contributed by atoms with Crippen LogP contribution in [0.5, 0.6) is 0 Å². The number of carbonyl (C=O) groups is 1. The van der Waals surface area contributed by atoms with Crippen LogP contribution in [0.3, 0.4) is 0 Å². The number of furan rings is 1. The number of hydrogen-bond donors (Lipinski definition) is 0. The van der Waals surface area contributed by atoms with Crippen molar-refractivity contribution in [3.05, 3.63) is 30.0 Å².